The fraction of sp³-hybridized carbons (Fsp3) is 0.640. The predicted molar refractivity (Wildman–Crippen MR) is 121 cm³/mol. The van der Waals surface area contributed by atoms with Gasteiger partial charge in [-0.05, 0) is 31.0 Å². The van der Waals surface area contributed by atoms with E-state index in [1.54, 1.807) is 0 Å². The Morgan fingerprint density at radius 2 is 1.13 bits per heavy atom. The third-order valence-electron chi connectivity index (χ3n) is 5.17. The Balaban J connectivity index is 2.61. The van der Waals surface area contributed by atoms with Crippen molar-refractivity contribution < 1.29 is 29.0 Å². The van der Waals surface area contributed by atoms with Crippen LogP contribution in [0.5, 0.6) is 0 Å². The van der Waals surface area contributed by atoms with Gasteiger partial charge >= 0.3 is 17.9 Å². The third-order valence-corrected chi connectivity index (χ3v) is 5.17. The van der Waals surface area contributed by atoms with Crippen molar-refractivity contribution in [3.63, 3.8) is 0 Å². The van der Waals surface area contributed by atoms with Crippen LogP contribution in [0.3, 0.4) is 0 Å². The molecule has 174 valence electrons. The number of hydrogen-bond acceptors (Lipinski definition) is 5. The molecule has 0 saturated carbocycles. The standard InChI is InChI=1S/C25H38O6/c1-3-5-7-9-11-13-17-30-24(28)21-16-15-20(23(26)27)19-22(21)25(29)31-18-14-12-10-8-6-4-2/h15-16,19H,3-14,17-18H2,1-2H3,(H,26,27). The maximum Gasteiger partial charge on any atom is 0.339 e. The number of benzene rings is 1. The molecule has 0 fully saturated rings. The number of esters is 2. The lowest BCUT2D eigenvalue weighted by Crippen LogP contribution is -2.16. The van der Waals surface area contributed by atoms with Crippen molar-refractivity contribution in [1.29, 1.82) is 0 Å². The van der Waals surface area contributed by atoms with Crippen LogP contribution in [0.1, 0.15) is 122 Å². The summed E-state index contributed by atoms with van der Waals surface area (Å²) in [7, 11) is 0. The van der Waals surface area contributed by atoms with Gasteiger partial charge in [0.25, 0.3) is 0 Å². The van der Waals surface area contributed by atoms with Crippen LogP contribution < -0.4 is 0 Å². The number of hydrogen-bond donors (Lipinski definition) is 1. The second kappa shape index (κ2) is 16.3. The average molecular weight is 435 g/mol. The average Bonchev–Trinajstić information content (AvgIpc) is 2.77. The number of ether oxygens (including phenoxy) is 2. The molecule has 0 aliphatic rings. The number of unbranched alkanes of at least 4 members (excludes halogenated alkanes) is 10. The summed E-state index contributed by atoms with van der Waals surface area (Å²) in [5.74, 6) is -2.49. The van der Waals surface area contributed by atoms with Gasteiger partial charge in [0.2, 0.25) is 0 Å². The molecule has 0 atom stereocenters. The van der Waals surface area contributed by atoms with E-state index in [-0.39, 0.29) is 29.9 Å². The van der Waals surface area contributed by atoms with Crippen molar-refractivity contribution in [3.05, 3.63) is 34.9 Å². The highest BCUT2D eigenvalue weighted by molar-refractivity contribution is 6.05. The minimum atomic E-state index is -1.17. The highest BCUT2D eigenvalue weighted by Gasteiger charge is 2.21. The lowest BCUT2D eigenvalue weighted by Gasteiger charge is -2.11. The number of carbonyl (C=O) groups excluding carboxylic acids is 2. The summed E-state index contributed by atoms with van der Waals surface area (Å²) in [6.07, 6.45) is 12.8. The molecule has 0 bridgehead atoms. The maximum atomic E-state index is 12.5. The molecule has 0 spiro atoms. The molecule has 1 aromatic carbocycles. The van der Waals surface area contributed by atoms with Gasteiger partial charge in [0.15, 0.2) is 0 Å². The fourth-order valence-electron chi connectivity index (χ4n) is 3.27. The summed E-state index contributed by atoms with van der Waals surface area (Å²) in [5, 5.41) is 9.23. The Morgan fingerprint density at radius 1 is 0.677 bits per heavy atom. The molecule has 6 heteroatoms. The molecule has 31 heavy (non-hydrogen) atoms. The second-order valence-electron chi connectivity index (χ2n) is 7.87. The van der Waals surface area contributed by atoms with Gasteiger partial charge in [0, 0.05) is 0 Å². The third kappa shape index (κ3) is 11.0. The van der Waals surface area contributed by atoms with E-state index in [4.69, 9.17) is 9.47 Å². The molecule has 6 nitrogen and oxygen atoms in total. The first kappa shape index (κ1) is 26.7. The normalized spacial score (nSPS) is 10.6. The van der Waals surface area contributed by atoms with Crippen molar-refractivity contribution in [3.8, 4) is 0 Å². The first-order valence-corrected chi connectivity index (χ1v) is 11.7. The van der Waals surface area contributed by atoms with Crippen molar-refractivity contribution in [2.24, 2.45) is 0 Å². The van der Waals surface area contributed by atoms with Crippen molar-refractivity contribution in [1.82, 2.24) is 0 Å². The highest BCUT2D eigenvalue weighted by atomic mass is 16.5. The number of carboxylic acids is 1. The van der Waals surface area contributed by atoms with E-state index in [2.05, 4.69) is 13.8 Å². The molecule has 0 aliphatic heterocycles. The zero-order valence-corrected chi connectivity index (χ0v) is 19.1. The van der Waals surface area contributed by atoms with E-state index >= 15 is 0 Å². The molecular formula is C25H38O6. The van der Waals surface area contributed by atoms with Gasteiger partial charge in [0.1, 0.15) is 0 Å². The highest BCUT2D eigenvalue weighted by Crippen LogP contribution is 2.17. The Labute approximate surface area is 186 Å². The predicted octanol–water partition coefficient (Wildman–Crippen LogP) is 6.42. The Morgan fingerprint density at radius 3 is 1.61 bits per heavy atom. The van der Waals surface area contributed by atoms with Crippen LogP contribution >= 0.6 is 0 Å². The Bertz CT molecular complexity index is 683. The van der Waals surface area contributed by atoms with Gasteiger partial charge in [-0.2, -0.15) is 0 Å². The molecule has 0 saturated heterocycles. The molecule has 0 aliphatic carbocycles. The van der Waals surface area contributed by atoms with Crippen LogP contribution in [0.15, 0.2) is 18.2 Å². The molecule has 1 N–H and O–H groups in total. The van der Waals surface area contributed by atoms with Gasteiger partial charge in [-0.25, -0.2) is 14.4 Å². The molecule has 0 amide bonds. The number of rotatable bonds is 17. The van der Waals surface area contributed by atoms with Gasteiger partial charge in [-0.3, -0.25) is 0 Å². The first-order chi connectivity index (χ1) is 15.0. The van der Waals surface area contributed by atoms with Gasteiger partial charge in [-0.1, -0.05) is 78.1 Å². The van der Waals surface area contributed by atoms with E-state index < -0.39 is 17.9 Å². The smallest absolute Gasteiger partial charge is 0.339 e. The molecule has 0 unspecified atom stereocenters. The largest absolute Gasteiger partial charge is 0.478 e. The quantitative estimate of drug-likeness (QED) is 0.225. The van der Waals surface area contributed by atoms with Crippen LogP contribution in [0.25, 0.3) is 0 Å². The van der Waals surface area contributed by atoms with Crippen LogP contribution in [0, 0.1) is 0 Å². The minimum absolute atomic E-state index is 0.0453. The molecule has 0 aromatic heterocycles. The monoisotopic (exact) mass is 434 g/mol. The van der Waals surface area contributed by atoms with Gasteiger partial charge in [0.05, 0.1) is 29.9 Å². The molecule has 1 aromatic rings. The van der Waals surface area contributed by atoms with Gasteiger partial charge in [-0.15, -0.1) is 0 Å². The topological polar surface area (TPSA) is 89.9 Å². The summed E-state index contributed by atoms with van der Waals surface area (Å²) >= 11 is 0. The summed E-state index contributed by atoms with van der Waals surface area (Å²) in [5.41, 5.74) is -0.0817. The van der Waals surface area contributed by atoms with Crippen LogP contribution in [0.4, 0.5) is 0 Å². The summed E-state index contributed by atoms with van der Waals surface area (Å²) in [6.45, 7) is 4.84. The van der Waals surface area contributed by atoms with E-state index in [1.807, 2.05) is 0 Å². The fourth-order valence-corrected chi connectivity index (χ4v) is 3.27. The van der Waals surface area contributed by atoms with Crippen LogP contribution in [-0.4, -0.2) is 36.2 Å². The number of carboxylic acid groups (broad SMARTS) is 1. The van der Waals surface area contributed by atoms with Crippen molar-refractivity contribution >= 4 is 17.9 Å². The minimum Gasteiger partial charge on any atom is -0.478 e. The van der Waals surface area contributed by atoms with Crippen molar-refractivity contribution in [2.45, 2.75) is 90.9 Å². The van der Waals surface area contributed by atoms with Crippen LogP contribution in [-0.2, 0) is 9.47 Å². The summed E-state index contributed by atoms with van der Waals surface area (Å²) in [4.78, 5) is 36.3. The zero-order valence-electron chi connectivity index (χ0n) is 19.1. The zero-order chi connectivity index (χ0) is 22.9. The van der Waals surface area contributed by atoms with Crippen molar-refractivity contribution in [2.75, 3.05) is 13.2 Å². The lowest BCUT2D eigenvalue weighted by atomic mass is 10.0. The summed E-state index contributed by atoms with van der Waals surface area (Å²) in [6, 6.07) is 3.82. The van der Waals surface area contributed by atoms with E-state index in [0.29, 0.717) is 0 Å². The Hall–Kier alpha value is -2.37. The molecule has 1 rings (SSSR count). The summed E-state index contributed by atoms with van der Waals surface area (Å²) < 4.78 is 10.6. The maximum absolute atomic E-state index is 12.5. The van der Waals surface area contributed by atoms with E-state index in [1.165, 1.54) is 56.7 Å². The van der Waals surface area contributed by atoms with E-state index in [9.17, 15) is 19.5 Å². The second-order valence-corrected chi connectivity index (χ2v) is 7.87. The molecular weight excluding hydrogens is 396 g/mol. The van der Waals surface area contributed by atoms with E-state index in [0.717, 1.165) is 38.5 Å². The lowest BCUT2D eigenvalue weighted by molar-refractivity contribution is 0.0450. The molecule has 0 radical (unpaired) electrons. The molecule has 0 heterocycles. The Kier molecular flexibility index (Phi) is 14.1. The number of carbonyl (C=O) groups is 3. The first-order valence-electron chi connectivity index (χ1n) is 11.7. The SMILES string of the molecule is CCCCCCCCOC(=O)c1ccc(C(=O)O)cc1C(=O)OCCCCCCCC. The van der Waals surface area contributed by atoms with Gasteiger partial charge < -0.3 is 14.6 Å². The van der Waals surface area contributed by atoms with Crippen LogP contribution in [0.2, 0.25) is 0 Å². The number of aromatic carboxylic acids is 1.